The van der Waals surface area contributed by atoms with Crippen LogP contribution >= 0.6 is 0 Å². The van der Waals surface area contributed by atoms with E-state index in [-0.39, 0.29) is 24.5 Å². The number of rotatable bonds is 6. The summed E-state index contributed by atoms with van der Waals surface area (Å²) in [5, 5.41) is 6.42. The maximum Gasteiger partial charge on any atom is 0.434 e. The third kappa shape index (κ3) is 5.27. The van der Waals surface area contributed by atoms with Gasteiger partial charge in [0.05, 0.1) is 23.2 Å². The minimum absolute atomic E-state index is 0.0527. The third-order valence-electron chi connectivity index (χ3n) is 5.21. The molecule has 1 fully saturated rings. The van der Waals surface area contributed by atoms with Crippen LogP contribution in [0.4, 0.5) is 13.2 Å². The number of hydrogen-bond donors (Lipinski definition) is 1. The molecule has 1 N–H and O–H groups in total. The minimum Gasteiger partial charge on any atom is -0.349 e. The number of carbonyl (C=O) groups excluding carboxylic acids is 1. The van der Waals surface area contributed by atoms with Gasteiger partial charge in [-0.05, 0) is 38.3 Å². The van der Waals surface area contributed by atoms with Gasteiger partial charge < -0.3 is 5.32 Å². The van der Waals surface area contributed by atoms with E-state index < -0.39 is 39.4 Å². The zero-order chi connectivity index (χ0) is 22.8. The molecule has 1 saturated heterocycles. The van der Waals surface area contributed by atoms with Gasteiger partial charge in [-0.1, -0.05) is 24.6 Å². The van der Waals surface area contributed by atoms with E-state index in [2.05, 4.69) is 10.4 Å². The summed E-state index contributed by atoms with van der Waals surface area (Å²) in [5.74, 6) is -0.822. The predicted molar refractivity (Wildman–Crippen MR) is 109 cm³/mol. The molecule has 1 aromatic carbocycles. The lowest BCUT2D eigenvalue weighted by Gasteiger charge is -2.31. The molecule has 0 bridgehead atoms. The van der Waals surface area contributed by atoms with Gasteiger partial charge in [0.15, 0.2) is 5.69 Å². The number of nitrogens with zero attached hydrogens (tertiary/aromatic N) is 3. The van der Waals surface area contributed by atoms with Gasteiger partial charge in [-0.2, -0.15) is 18.3 Å². The fourth-order valence-electron chi connectivity index (χ4n) is 3.60. The predicted octanol–water partition coefficient (Wildman–Crippen LogP) is 3.13. The van der Waals surface area contributed by atoms with E-state index in [1.54, 1.807) is 19.1 Å². The number of sulfonamides is 1. The third-order valence-corrected chi connectivity index (χ3v) is 7.28. The number of alkyl halides is 3. The standard InChI is InChI=1S/C20H25F3N4O3S/c1-3-12-31(29,30)26-10-8-15(9-11-26)25-19(28)17-13-24-27(18(17)20(21,22)23)16-6-4-14(2)5-7-16/h4-7,13,15H,3,8-12H2,1-2H3,(H,25,28). The number of benzene rings is 1. The van der Waals surface area contributed by atoms with Gasteiger partial charge in [-0.15, -0.1) is 0 Å². The first-order valence-corrected chi connectivity index (χ1v) is 11.6. The quantitative estimate of drug-likeness (QED) is 0.721. The van der Waals surface area contributed by atoms with E-state index in [0.717, 1.165) is 11.8 Å². The molecule has 1 aromatic heterocycles. The van der Waals surface area contributed by atoms with E-state index in [9.17, 15) is 26.4 Å². The SMILES string of the molecule is CCCS(=O)(=O)N1CCC(NC(=O)c2cnn(-c3ccc(C)cc3)c2C(F)(F)F)CC1. The van der Waals surface area contributed by atoms with Crippen molar-refractivity contribution in [2.75, 3.05) is 18.8 Å². The van der Waals surface area contributed by atoms with Crippen molar-refractivity contribution >= 4 is 15.9 Å². The summed E-state index contributed by atoms with van der Waals surface area (Å²) in [7, 11) is -3.34. The Hall–Kier alpha value is -2.40. The molecule has 1 amide bonds. The average Bonchev–Trinajstić information content (AvgIpc) is 3.15. The zero-order valence-corrected chi connectivity index (χ0v) is 18.1. The van der Waals surface area contributed by atoms with E-state index in [1.165, 1.54) is 16.4 Å². The monoisotopic (exact) mass is 458 g/mol. The fourth-order valence-corrected chi connectivity index (χ4v) is 5.14. The Morgan fingerprint density at radius 1 is 1.19 bits per heavy atom. The van der Waals surface area contributed by atoms with Crippen molar-refractivity contribution in [2.24, 2.45) is 0 Å². The van der Waals surface area contributed by atoms with E-state index in [4.69, 9.17) is 0 Å². The number of aryl methyl sites for hydroxylation is 1. The lowest BCUT2D eigenvalue weighted by molar-refractivity contribution is -0.143. The molecule has 0 atom stereocenters. The van der Waals surface area contributed by atoms with Crippen LogP contribution in [0.25, 0.3) is 5.69 Å². The number of halogens is 3. The maximum atomic E-state index is 13.8. The molecule has 0 saturated carbocycles. The van der Waals surface area contributed by atoms with Gasteiger partial charge in [0.2, 0.25) is 10.0 Å². The van der Waals surface area contributed by atoms with Crippen molar-refractivity contribution in [2.45, 2.75) is 45.3 Å². The number of piperidine rings is 1. The Morgan fingerprint density at radius 3 is 2.35 bits per heavy atom. The van der Waals surface area contributed by atoms with Crippen LogP contribution in [-0.4, -0.2) is 53.3 Å². The molecule has 0 radical (unpaired) electrons. The summed E-state index contributed by atoms with van der Waals surface area (Å²) in [6.45, 7) is 4.04. The van der Waals surface area contributed by atoms with Crippen molar-refractivity contribution in [3.63, 3.8) is 0 Å². The summed E-state index contributed by atoms with van der Waals surface area (Å²) in [6.07, 6.45) is -2.70. The Morgan fingerprint density at radius 2 is 1.81 bits per heavy atom. The van der Waals surface area contributed by atoms with Gasteiger partial charge >= 0.3 is 6.18 Å². The van der Waals surface area contributed by atoms with Crippen LogP contribution in [0.15, 0.2) is 30.5 Å². The van der Waals surface area contributed by atoms with Crippen LogP contribution in [-0.2, 0) is 16.2 Å². The van der Waals surface area contributed by atoms with Crippen LogP contribution < -0.4 is 5.32 Å². The Labute approximate surface area is 179 Å². The Kier molecular flexibility index (Phi) is 6.75. The molecule has 31 heavy (non-hydrogen) atoms. The average molecular weight is 459 g/mol. The first-order chi connectivity index (χ1) is 14.5. The number of nitrogens with one attached hydrogen (secondary N) is 1. The molecule has 11 heteroatoms. The van der Waals surface area contributed by atoms with Crippen molar-refractivity contribution in [1.29, 1.82) is 0 Å². The van der Waals surface area contributed by atoms with Gasteiger partial charge in [0.25, 0.3) is 5.91 Å². The molecule has 2 heterocycles. The molecule has 0 spiro atoms. The molecule has 7 nitrogen and oxygen atoms in total. The maximum absolute atomic E-state index is 13.8. The molecular weight excluding hydrogens is 433 g/mol. The lowest BCUT2D eigenvalue weighted by Crippen LogP contribution is -2.47. The highest BCUT2D eigenvalue weighted by molar-refractivity contribution is 7.89. The van der Waals surface area contributed by atoms with Gasteiger partial charge in [0, 0.05) is 19.1 Å². The van der Waals surface area contributed by atoms with Crippen LogP contribution in [0.1, 0.15) is 47.8 Å². The van der Waals surface area contributed by atoms with Crippen LogP contribution in [0.3, 0.4) is 0 Å². The summed E-state index contributed by atoms with van der Waals surface area (Å²) >= 11 is 0. The molecule has 2 aromatic rings. The summed E-state index contributed by atoms with van der Waals surface area (Å²) < 4.78 is 67.8. The van der Waals surface area contributed by atoms with E-state index in [0.29, 0.717) is 23.9 Å². The van der Waals surface area contributed by atoms with Gasteiger partial charge in [-0.25, -0.2) is 17.4 Å². The smallest absolute Gasteiger partial charge is 0.349 e. The topological polar surface area (TPSA) is 84.3 Å². The van der Waals surface area contributed by atoms with Crippen LogP contribution in [0.5, 0.6) is 0 Å². The highest BCUT2D eigenvalue weighted by Gasteiger charge is 2.41. The molecular formula is C20H25F3N4O3S. The number of hydrogen-bond acceptors (Lipinski definition) is 4. The van der Waals surface area contributed by atoms with E-state index >= 15 is 0 Å². The molecule has 0 aliphatic carbocycles. The van der Waals surface area contributed by atoms with Crippen molar-refractivity contribution < 1.29 is 26.4 Å². The molecule has 1 aliphatic rings. The molecule has 3 rings (SSSR count). The zero-order valence-electron chi connectivity index (χ0n) is 17.3. The number of aromatic nitrogens is 2. The van der Waals surface area contributed by atoms with Gasteiger partial charge in [-0.3, -0.25) is 4.79 Å². The normalized spacial score (nSPS) is 16.4. The number of amides is 1. The van der Waals surface area contributed by atoms with Crippen molar-refractivity contribution in [1.82, 2.24) is 19.4 Å². The van der Waals surface area contributed by atoms with Crippen molar-refractivity contribution in [3.8, 4) is 5.69 Å². The first-order valence-electron chi connectivity index (χ1n) is 10.0. The van der Waals surface area contributed by atoms with Crippen LogP contribution in [0.2, 0.25) is 0 Å². The van der Waals surface area contributed by atoms with Gasteiger partial charge in [0.1, 0.15) is 0 Å². The molecule has 1 aliphatic heterocycles. The second-order valence-electron chi connectivity index (χ2n) is 7.61. The fraction of sp³-hybridized carbons (Fsp3) is 0.500. The van der Waals surface area contributed by atoms with Crippen LogP contribution in [0, 0.1) is 6.92 Å². The van der Waals surface area contributed by atoms with Crippen molar-refractivity contribution in [3.05, 3.63) is 47.3 Å². The Balaban J connectivity index is 1.76. The minimum atomic E-state index is -4.79. The second-order valence-corrected chi connectivity index (χ2v) is 9.70. The molecule has 170 valence electrons. The summed E-state index contributed by atoms with van der Waals surface area (Å²) in [4.78, 5) is 12.7. The summed E-state index contributed by atoms with van der Waals surface area (Å²) in [6, 6.07) is 5.93. The highest BCUT2D eigenvalue weighted by atomic mass is 32.2. The highest BCUT2D eigenvalue weighted by Crippen LogP contribution is 2.34. The first kappa shape index (κ1) is 23.3. The second kappa shape index (κ2) is 8.99. The largest absolute Gasteiger partial charge is 0.434 e. The number of carbonyl (C=O) groups is 1. The Bertz CT molecular complexity index is 1020. The summed E-state index contributed by atoms with van der Waals surface area (Å²) in [5.41, 5.74) is -0.618. The van der Waals surface area contributed by atoms with E-state index in [1.807, 2.05) is 6.92 Å². The lowest BCUT2D eigenvalue weighted by atomic mass is 10.1. The molecule has 0 unspecified atom stereocenters.